The molecule has 19 heavy (non-hydrogen) atoms. The number of hydrogen-bond donors (Lipinski definition) is 2. The maximum Gasteiger partial charge on any atom is 0.338 e. The largest absolute Gasteiger partial charge is 0.478 e. The minimum atomic E-state index is -1.19. The molecule has 0 bridgehead atoms. The molecule has 0 saturated carbocycles. The number of carbonyl (C=O) groups excluding carboxylic acids is 1. The molecule has 0 aliphatic carbocycles. The third-order valence-corrected chi connectivity index (χ3v) is 3.11. The highest BCUT2D eigenvalue weighted by Gasteiger charge is 2.16. The number of amides is 1. The monoisotopic (exact) mass is 320 g/mol. The number of carboxylic acids is 1. The molecule has 0 atom stereocenters. The van der Waals surface area contributed by atoms with Gasteiger partial charge in [0.05, 0.1) is 16.8 Å². The maximum absolute atomic E-state index is 12.1. The van der Waals surface area contributed by atoms with Crippen molar-refractivity contribution in [2.45, 2.75) is 0 Å². The molecular formula is C13H9BrN2O3. The lowest BCUT2D eigenvalue weighted by molar-refractivity contribution is 0.0692. The molecule has 1 amide bonds. The summed E-state index contributed by atoms with van der Waals surface area (Å²) in [5, 5.41) is 11.7. The Labute approximate surface area is 117 Å². The van der Waals surface area contributed by atoms with Crippen molar-refractivity contribution in [1.82, 2.24) is 4.98 Å². The van der Waals surface area contributed by atoms with E-state index in [4.69, 9.17) is 5.11 Å². The van der Waals surface area contributed by atoms with Crippen LogP contribution in [-0.2, 0) is 0 Å². The highest BCUT2D eigenvalue weighted by atomic mass is 79.9. The molecule has 0 spiro atoms. The summed E-state index contributed by atoms with van der Waals surface area (Å²) in [5.41, 5.74) is 0.506. The highest BCUT2D eigenvalue weighted by molar-refractivity contribution is 9.10. The van der Waals surface area contributed by atoms with Crippen LogP contribution in [0.1, 0.15) is 20.7 Å². The van der Waals surface area contributed by atoms with Crippen LogP contribution in [0.5, 0.6) is 0 Å². The smallest absolute Gasteiger partial charge is 0.338 e. The lowest BCUT2D eigenvalue weighted by Crippen LogP contribution is -2.16. The number of carboxylic acid groups (broad SMARTS) is 1. The molecule has 0 aliphatic rings. The number of halogens is 1. The number of aromatic nitrogens is 1. The van der Waals surface area contributed by atoms with E-state index in [1.807, 2.05) is 6.07 Å². The van der Waals surface area contributed by atoms with E-state index in [9.17, 15) is 9.59 Å². The standard InChI is InChI=1S/C13H9BrN2O3/c14-10-3-1-2-4-11(10)16-12(17)8-5-6-15-7-9(8)13(18)19/h1-7H,(H,16,17)(H,18,19). The van der Waals surface area contributed by atoms with Gasteiger partial charge in [-0.1, -0.05) is 12.1 Å². The molecule has 5 nitrogen and oxygen atoms in total. The second-order valence-corrected chi connectivity index (χ2v) is 4.51. The van der Waals surface area contributed by atoms with Gasteiger partial charge >= 0.3 is 5.97 Å². The van der Waals surface area contributed by atoms with Crippen molar-refractivity contribution in [2.75, 3.05) is 5.32 Å². The number of rotatable bonds is 3. The van der Waals surface area contributed by atoms with Crippen molar-refractivity contribution in [3.63, 3.8) is 0 Å². The normalized spacial score (nSPS) is 9.95. The Balaban J connectivity index is 2.31. The summed E-state index contributed by atoms with van der Waals surface area (Å²) in [5.74, 6) is -1.68. The van der Waals surface area contributed by atoms with Gasteiger partial charge in [-0.25, -0.2) is 4.79 Å². The molecule has 1 aromatic heterocycles. The molecular weight excluding hydrogens is 312 g/mol. The van der Waals surface area contributed by atoms with Crippen molar-refractivity contribution in [3.8, 4) is 0 Å². The van der Waals surface area contributed by atoms with E-state index in [0.29, 0.717) is 10.2 Å². The van der Waals surface area contributed by atoms with Gasteiger partial charge in [-0.2, -0.15) is 0 Å². The van der Waals surface area contributed by atoms with Crippen LogP contribution < -0.4 is 5.32 Å². The van der Waals surface area contributed by atoms with E-state index >= 15 is 0 Å². The maximum atomic E-state index is 12.1. The van der Waals surface area contributed by atoms with Gasteiger partial charge in [0.25, 0.3) is 5.91 Å². The van der Waals surface area contributed by atoms with E-state index in [2.05, 4.69) is 26.2 Å². The highest BCUT2D eigenvalue weighted by Crippen LogP contribution is 2.22. The van der Waals surface area contributed by atoms with Crippen LogP contribution in [0, 0.1) is 0 Å². The van der Waals surface area contributed by atoms with Crippen molar-refractivity contribution in [3.05, 3.63) is 58.3 Å². The summed E-state index contributed by atoms with van der Waals surface area (Å²) in [6.45, 7) is 0. The molecule has 1 heterocycles. The Morgan fingerprint density at radius 2 is 1.89 bits per heavy atom. The molecule has 0 saturated heterocycles. The Hall–Kier alpha value is -2.21. The quantitative estimate of drug-likeness (QED) is 0.911. The summed E-state index contributed by atoms with van der Waals surface area (Å²) in [6.07, 6.45) is 2.53. The summed E-state index contributed by atoms with van der Waals surface area (Å²) >= 11 is 3.30. The van der Waals surface area contributed by atoms with Crippen molar-refractivity contribution in [2.24, 2.45) is 0 Å². The molecule has 96 valence electrons. The topological polar surface area (TPSA) is 79.3 Å². The summed E-state index contributed by atoms with van der Waals surface area (Å²) in [7, 11) is 0. The number of carbonyl (C=O) groups is 2. The first-order valence-electron chi connectivity index (χ1n) is 5.33. The first-order chi connectivity index (χ1) is 9.09. The zero-order valence-electron chi connectivity index (χ0n) is 9.63. The van der Waals surface area contributed by atoms with Gasteiger partial charge < -0.3 is 10.4 Å². The average Bonchev–Trinajstić information content (AvgIpc) is 2.41. The number of hydrogen-bond acceptors (Lipinski definition) is 3. The number of anilines is 1. The number of para-hydroxylation sites is 1. The van der Waals surface area contributed by atoms with Gasteiger partial charge in [0.1, 0.15) is 0 Å². The van der Waals surface area contributed by atoms with Crippen LogP contribution in [0.3, 0.4) is 0 Å². The van der Waals surface area contributed by atoms with Crippen LogP contribution in [0.25, 0.3) is 0 Å². The second kappa shape index (κ2) is 5.62. The Morgan fingerprint density at radius 3 is 2.58 bits per heavy atom. The van der Waals surface area contributed by atoms with Crippen LogP contribution in [0.15, 0.2) is 47.2 Å². The molecule has 0 fully saturated rings. The summed E-state index contributed by atoms with van der Waals surface area (Å²) < 4.78 is 0.717. The molecule has 1 aromatic carbocycles. The van der Waals surface area contributed by atoms with E-state index in [-0.39, 0.29) is 11.1 Å². The van der Waals surface area contributed by atoms with Crippen molar-refractivity contribution >= 4 is 33.5 Å². The number of nitrogens with one attached hydrogen (secondary N) is 1. The van der Waals surface area contributed by atoms with Gasteiger partial charge in [0.2, 0.25) is 0 Å². The van der Waals surface area contributed by atoms with E-state index in [1.165, 1.54) is 12.3 Å². The van der Waals surface area contributed by atoms with E-state index in [0.717, 1.165) is 6.20 Å². The molecule has 2 aromatic rings. The SMILES string of the molecule is O=C(O)c1cnccc1C(=O)Nc1ccccc1Br. The van der Waals surface area contributed by atoms with Gasteiger partial charge in [-0.3, -0.25) is 9.78 Å². The second-order valence-electron chi connectivity index (χ2n) is 3.66. The van der Waals surface area contributed by atoms with E-state index in [1.54, 1.807) is 18.2 Å². The van der Waals surface area contributed by atoms with Crippen LogP contribution in [0.4, 0.5) is 5.69 Å². The summed E-state index contributed by atoms with van der Waals surface area (Å²) in [6, 6.07) is 8.44. The fourth-order valence-electron chi connectivity index (χ4n) is 1.52. The van der Waals surface area contributed by atoms with Crippen LogP contribution in [-0.4, -0.2) is 22.0 Å². The van der Waals surface area contributed by atoms with Crippen molar-refractivity contribution in [1.29, 1.82) is 0 Å². The predicted octanol–water partition coefficient (Wildman–Crippen LogP) is 2.79. The number of aromatic carboxylic acids is 1. The molecule has 0 aliphatic heterocycles. The number of nitrogens with zero attached hydrogens (tertiary/aromatic N) is 1. The predicted molar refractivity (Wildman–Crippen MR) is 73.3 cm³/mol. The first kappa shape index (κ1) is 13.2. The fourth-order valence-corrected chi connectivity index (χ4v) is 1.90. The zero-order chi connectivity index (χ0) is 13.8. The van der Waals surface area contributed by atoms with Gasteiger partial charge in [-0.05, 0) is 34.1 Å². The summed E-state index contributed by atoms with van der Waals surface area (Å²) in [4.78, 5) is 26.8. The van der Waals surface area contributed by atoms with Gasteiger partial charge in [0, 0.05) is 16.9 Å². The molecule has 6 heteroatoms. The average molecular weight is 321 g/mol. The van der Waals surface area contributed by atoms with Gasteiger partial charge in [0.15, 0.2) is 0 Å². The Kier molecular flexibility index (Phi) is 3.91. The number of pyridine rings is 1. The van der Waals surface area contributed by atoms with Crippen molar-refractivity contribution < 1.29 is 14.7 Å². The van der Waals surface area contributed by atoms with Gasteiger partial charge in [-0.15, -0.1) is 0 Å². The minimum Gasteiger partial charge on any atom is -0.478 e. The van der Waals surface area contributed by atoms with Crippen LogP contribution in [0.2, 0.25) is 0 Å². The first-order valence-corrected chi connectivity index (χ1v) is 6.12. The Bertz CT molecular complexity index is 643. The third-order valence-electron chi connectivity index (χ3n) is 2.42. The van der Waals surface area contributed by atoms with E-state index < -0.39 is 11.9 Å². The molecule has 0 radical (unpaired) electrons. The molecule has 2 N–H and O–H groups in total. The van der Waals surface area contributed by atoms with Crippen LogP contribution >= 0.6 is 15.9 Å². The molecule has 0 unspecified atom stereocenters. The minimum absolute atomic E-state index is 0.0678. The number of benzene rings is 1. The Morgan fingerprint density at radius 1 is 1.16 bits per heavy atom. The molecule has 2 rings (SSSR count). The zero-order valence-corrected chi connectivity index (χ0v) is 11.2. The fraction of sp³-hybridized carbons (Fsp3) is 0. The lowest BCUT2D eigenvalue weighted by atomic mass is 10.1. The third kappa shape index (κ3) is 2.97. The lowest BCUT2D eigenvalue weighted by Gasteiger charge is -2.08.